The molecule has 30 heavy (non-hydrogen) atoms. The molecule has 0 spiro atoms. The largest absolute Gasteiger partial charge is 0.505 e. The monoisotopic (exact) mass is 442 g/mol. The molecule has 1 aliphatic heterocycles. The number of sulfonamides is 1. The van der Waals surface area contributed by atoms with Gasteiger partial charge in [-0.1, -0.05) is 35.9 Å². The number of nitrogens with one attached hydrogen (secondary N) is 2. The summed E-state index contributed by atoms with van der Waals surface area (Å²) in [4.78, 5) is 16.6. The van der Waals surface area contributed by atoms with Crippen molar-refractivity contribution in [1.29, 1.82) is 0 Å². The van der Waals surface area contributed by atoms with Gasteiger partial charge in [-0.3, -0.25) is 9.52 Å². The zero-order valence-corrected chi connectivity index (χ0v) is 17.1. The van der Waals surface area contributed by atoms with Crippen molar-refractivity contribution in [3.8, 4) is 0 Å². The predicted octanol–water partition coefficient (Wildman–Crippen LogP) is 2.87. The second-order valence-corrected chi connectivity index (χ2v) is 8.60. The summed E-state index contributed by atoms with van der Waals surface area (Å²) in [6, 6.07) is 13.3. The van der Waals surface area contributed by atoms with Gasteiger partial charge in [0.1, 0.15) is 5.15 Å². The Bertz CT molecular complexity index is 1370. The van der Waals surface area contributed by atoms with Crippen molar-refractivity contribution >= 4 is 50.4 Å². The van der Waals surface area contributed by atoms with Crippen molar-refractivity contribution in [1.82, 2.24) is 15.1 Å². The Morgan fingerprint density at radius 3 is 2.80 bits per heavy atom. The summed E-state index contributed by atoms with van der Waals surface area (Å²) >= 11 is 6.18. The molecule has 2 aromatic carbocycles. The zero-order valence-electron chi connectivity index (χ0n) is 15.5. The van der Waals surface area contributed by atoms with Gasteiger partial charge in [0.25, 0.3) is 15.9 Å². The van der Waals surface area contributed by atoms with Gasteiger partial charge in [-0.15, -0.1) is 0 Å². The zero-order chi connectivity index (χ0) is 21.5. The maximum Gasteiger partial charge on any atom is 0.292 e. The Balaban J connectivity index is 1.59. The van der Waals surface area contributed by atoms with E-state index in [-0.39, 0.29) is 15.6 Å². The minimum absolute atomic E-state index is 0.0300. The molecule has 0 bridgehead atoms. The van der Waals surface area contributed by atoms with Gasteiger partial charge in [0.2, 0.25) is 0 Å². The van der Waals surface area contributed by atoms with Gasteiger partial charge in [0.15, 0.2) is 11.5 Å². The number of aliphatic hydroxyl groups is 1. The third-order valence-corrected chi connectivity index (χ3v) is 6.17. The molecule has 4 rings (SSSR count). The number of hydrogen-bond donors (Lipinski definition) is 3. The number of aromatic nitrogens is 1. The highest BCUT2D eigenvalue weighted by atomic mass is 35.5. The number of rotatable bonds is 3. The molecule has 0 saturated carbocycles. The summed E-state index contributed by atoms with van der Waals surface area (Å²) in [7, 11) is -3.99. The lowest BCUT2D eigenvalue weighted by atomic mass is 10.1. The number of nitrogens with zero attached hydrogens (tertiary/aromatic N) is 2. The van der Waals surface area contributed by atoms with E-state index in [1.807, 2.05) is 25.1 Å². The van der Waals surface area contributed by atoms with Crippen molar-refractivity contribution in [3.05, 3.63) is 76.1 Å². The Kier molecular flexibility index (Phi) is 4.92. The summed E-state index contributed by atoms with van der Waals surface area (Å²) < 4.78 is 26.7. The van der Waals surface area contributed by atoms with Crippen LogP contribution in [0, 0.1) is 6.92 Å². The van der Waals surface area contributed by atoms with Gasteiger partial charge in [0.05, 0.1) is 16.6 Å². The number of pyridine rings is 1. The summed E-state index contributed by atoms with van der Waals surface area (Å²) in [6.45, 7) is 1.95. The van der Waals surface area contributed by atoms with Crippen LogP contribution in [0.2, 0.25) is 5.15 Å². The smallest absolute Gasteiger partial charge is 0.292 e. The van der Waals surface area contributed by atoms with Gasteiger partial charge in [-0.25, -0.2) is 18.8 Å². The normalized spacial score (nSPS) is 15.1. The van der Waals surface area contributed by atoms with Crippen molar-refractivity contribution in [2.75, 3.05) is 0 Å². The van der Waals surface area contributed by atoms with Crippen LogP contribution >= 0.6 is 11.6 Å². The average Bonchev–Trinajstić information content (AvgIpc) is 2.71. The quantitative estimate of drug-likeness (QED) is 0.327. The standard InChI is InChI=1S/C20H15ClN4O4S/c1-11-6-7-12-9-13(19(21)23-15(12)8-11)10-22-24-20(27)17-18(26)14-4-2-3-5-16(14)30(28,29)25-17/h2-10,25-26H,1H3,(H,24,27)/b22-10+. The topological polar surface area (TPSA) is 121 Å². The Morgan fingerprint density at radius 2 is 2.00 bits per heavy atom. The Morgan fingerprint density at radius 1 is 1.23 bits per heavy atom. The fourth-order valence-corrected chi connectivity index (χ4v) is 4.47. The molecule has 0 unspecified atom stereocenters. The molecular weight excluding hydrogens is 428 g/mol. The first-order valence-electron chi connectivity index (χ1n) is 8.72. The van der Waals surface area contributed by atoms with Crippen LogP contribution in [0.25, 0.3) is 16.7 Å². The van der Waals surface area contributed by atoms with Crippen LogP contribution in [-0.4, -0.2) is 30.6 Å². The molecule has 1 amide bonds. The number of aliphatic hydroxyl groups excluding tert-OH is 1. The van der Waals surface area contributed by atoms with E-state index in [1.54, 1.807) is 12.1 Å². The van der Waals surface area contributed by atoms with E-state index in [2.05, 4.69) is 20.2 Å². The first-order chi connectivity index (χ1) is 14.3. The number of hydrogen-bond acceptors (Lipinski definition) is 6. The first-order valence-corrected chi connectivity index (χ1v) is 10.6. The van der Waals surface area contributed by atoms with E-state index in [1.165, 1.54) is 24.4 Å². The minimum Gasteiger partial charge on any atom is -0.505 e. The number of fused-ring (bicyclic) bond motifs is 2. The van der Waals surface area contributed by atoms with E-state index in [4.69, 9.17) is 11.6 Å². The molecule has 0 radical (unpaired) electrons. The first kappa shape index (κ1) is 19.9. The van der Waals surface area contributed by atoms with E-state index >= 15 is 0 Å². The highest BCUT2D eigenvalue weighted by molar-refractivity contribution is 7.89. The lowest BCUT2D eigenvalue weighted by Crippen LogP contribution is -2.37. The summed E-state index contributed by atoms with van der Waals surface area (Å²) in [5, 5.41) is 15.2. The molecule has 1 aromatic heterocycles. The van der Waals surface area contributed by atoms with Gasteiger partial charge in [-0.2, -0.15) is 5.10 Å². The Labute approximate surface area is 177 Å². The molecule has 0 fully saturated rings. The SMILES string of the molecule is Cc1ccc2cc(/C=N/NC(=O)C3=C(O)c4ccccc4S(=O)(=O)N3)c(Cl)nc2c1. The molecule has 0 saturated heterocycles. The Hall–Kier alpha value is -3.43. The number of benzene rings is 2. The number of aryl methyl sites for hydroxylation is 1. The summed E-state index contributed by atoms with van der Waals surface area (Å²) in [6.07, 6.45) is 1.29. The van der Waals surface area contributed by atoms with Crippen LogP contribution in [0.1, 0.15) is 16.7 Å². The van der Waals surface area contributed by atoms with Crippen LogP contribution < -0.4 is 10.1 Å². The van der Waals surface area contributed by atoms with Crippen LogP contribution in [0.4, 0.5) is 0 Å². The summed E-state index contributed by atoms with van der Waals surface area (Å²) in [5.41, 5.74) is 3.92. The minimum atomic E-state index is -3.99. The number of hydrazone groups is 1. The molecule has 3 N–H and O–H groups in total. The van der Waals surface area contributed by atoms with Gasteiger partial charge >= 0.3 is 0 Å². The van der Waals surface area contributed by atoms with Crippen molar-refractivity contribution in [2.45, 2.75) is 11.8 Å². The number of halogens is 1. The van der Waals surface area contributed by atoms with Crippen LogP contribution in [-0.2, 0) is 14.8 Å². The fraction of sp³-hybridized carbons (Fsp3) is 0.0500. The van der Waals surface area contributed by atoms with E-state index < -0.39 is 27.4 Å². The van der Waals surface area contributed by atoms with Gasteiger partial charge in [-0.05, 0) is 36.8 Å². The fourth-order valence-electron chi connectivity index (χ4n) is 3.00. The molecule has 2 heterocycles. The molecule has 10 heteroatoms. The van der Waals surface area contributed by atoms with Gasteiger partial charge < -0.3 is 5.11 Å². The van der Waals surface area contributed by atoms with Crippen molar-refractivity contribution in [3.63, 3.8) is 0 Å². The second-order valence-electron chi connectivity index (χ2n) is 6.59. The highest BCUT2D eigenvalue weighted by Gasteiger charge is 2.32. The molecule has 3 aromatic rings. The van der Waals surface area contributed by atoms with Crippen molar-refractivity contribution in [2.24, 2.45) is 5.10 Å². The average molecular weight is 443 g/mol. The highest BCUT2D eigenvalue weighted by Crippen LogP contribution is 2.28. The third-order valence-electron chi connectivity index (χ3n) is 4.46. The summed E-state index contributed by atoms with van der Waals surface area (Å²) in [5.74, 6) is -1.42. The maximum absolute atomic E-state index is 12.4. The maximum atomic E-state index is 12.4. The molecule has 1 aliphatic rings. The number of carbonyl (C=O) groups is 1. The lowest BCUT2D eigenvalue weighted by Gasteiger charge is -2.20. The molecular formula is C20H15ClN4O4S. The van der Waals surface area contributed by atoms with Crippen LogP contribution in [0.5, 0.6) is 0 Å². The molecule has 0 aliphatic carbocycles. The molecule has 0 atom stereocenters. The van der Waals surface area contributed by atoms with Crippen LogP contribution in [0.15, 0.2) is 64.2 Å². The van der Waals surface area contributed by atoms with Gasteiger partial charge in [0, 0.05) is 16.5 Å². The second kappa shape index (κ2) is 7.43. The molecule has 8 nitrogen and oxygen atoms in total. The van der Waals surface area contributed by atoms with E-state index in [0.29, 0.717) is 5.56 Å². The molecule has 152 valence electrons. The van der Waals surface area contributed by atoms with E-state index in [9.17, 15) is 18.3 Å². The third kappa shape index (κ3) is 3.60. The number of amides is 1. The van der Waals surface area contributed by atoms with Crippen molar-refractivity contribution < 1.29 is 18.3 Å². The lowest BCUT2D eigenvalue weighted by molar-refractivity contribution is -0.117. The van der Waals surface area contributed by atoms with Crippen LogP contribution in [0.3, 0.4) is 0 Å². The van der Waals surface area contributed by atoms with E-state index in [0.717, 1.165) is 16.5 Å². The number of carbonyl (C=O) groups excluding carboxylic acids is 1. The predicted molar refractivity (Wildman–Crippen MR) is 114 cm³/mol.